The molecule has 2 atom stereocenters. The molecule has 2 N–H and O–H groups in total. The summed E-state index contributed by atoms with van der Waals surface area (Å²) >= 11 is -6.35. The first-order chi connectivity index (χ1) is 29.9. The topological polar surface area (TPSA) is 58.2 Å². The van der Waals surface area contributed by atoms with Crippen LogP contribution in [-0.2, 0) is 25.8 Å². The number of amides is 2. The molecule has 0 saturated carbocycles. The molecule has 8 heteroatoms. The molecule has 6 aromatic carbocycles. The van der Waals surface area contributed by atoms with E-state index >= 15 is 0 Å². The van der Waals surface area contributed by atoms with Crippen LogP contribution in [0.25, 0.3) is 45.6 Å². The zero-order valence-electron chi connectivity index (χ0n) is 36.4. The normalized spacial score (nSPS) is 16.2. The number of carbonyl (C=O) groups excluding carboxylic acids is 2. The van der Waals surface area contributed by atoms with Crippen LogP contribution in [0.1, 0.15) is 118 Å². The van der Waals surface area contributed by atoms with E-state index in [0.29, 0.717) is 0 Å². The van der Waals surface area contributed by atoms with Crippen molar-refractivity contribution < 1.29 is 25.8 Å². The van der Waals surface area contributed by atoms with Crippen molar-refractivity contribution in [3.8, 4) is 22.3 Å². The average Bonchev–Trinajstić information content (AvgIpc) is 3.91. The predicted octanol–water partition coefficient (Wildman–Crippen LogP) is 14.2. The van der Waals surface area contributed by atoms with E-state index in [9.17, 15) is 9.59 Å². The Morgan fingerprint density at radius 2 is 0.871 bits per heavy atom. The van der Waals surface area contributed by atoms with Crippen LogP contribution < -0.4 is 10.5 Å². The van der Waals surface area contributed by atoms with Crippen LogP contribution in [0.2, 0.25) is 0 Å². The summed E-state index contributed by atoms with van der Waals surface area (Å²) in [6.07, 6.45) is 4.96. The number of hydrogen-bond acceptors (Lipinski definition) is 2. The van der Waals surface area contributed by atoms with Crippen molar-refractivity contribution in [2.24, 2.45) is 0 Å². The molecule has 0 radical (unpaired) electrons. The van der Waals surface area contributed by atoms with E-state index in [1.54, 1.807) is 0 Å². The number of nitrogens with one attached hydrogen (secondary N) is 2. The monoisotopic (exact) mass is 933 g/mol. The summed E-state index contributed by atoms with van der Waals surface area (Å²) < 4.78 is -2.24. The van der Waals surface area contributed by atoms with Crippen LogP contribution in [0.5, 0.6) is 0 Å². The van der Waals surface area contributed by atoms with Crippen LogP contribution >= 0.6 is 17.0 Å². The number of hydrogen-bond donors (Lipinski definition) is 2. The minimum absolute atomic E-state index is 0.190. The fourth-order valence-corrected chi connectivity index (χ4v) is 29.8. The molecular formula is C54H54BCl2N2O2Zr. The van der Waals surface area contributed by atoms with Gasteiger partial charge in [0.15, 0.2) is 0 Å². The Kier molecular flexibility index (Phi) is 12.6. The first-order valence-corrected chi connectivity index (χ1v) is 32.6. The fraction of sp³-hybridized carbons (Fsp3) is 0.222. The molecule has 62 heavy (non-hydrogen) atoms. The standard InChI is InChI=1S/2C24H21.C6H11BN2O2.2ClH.Zr/c2*1-17(2)21-12-6-7-13-22(21)23-14-8-11-19-15-20(16-24(19)23)18-9-4-3-5-10-18;1-3-5(10)8-7-9-6(11)4-2;;;/h2*3-17H,1-2H3;3-4H2,1-2H3,(H-,8,9,10,11);2*1H;/q;;;;;+1/p-1. The summed E-state index contributed by atoms with van der Waals surface area (Å²) in [5.41, 5.74) is 15.0. The van der Waals surface area contributed by atoms with Gasteiger partial charge in [0.05, 0.1) is 0 Å². The zero-order chi connectivity index (χ0) is 43.8. The van der Waals surface area contributed by atoms with Gasteiger partial charge in [-0.25, -0.2) is 0 Å². The predicted molar refractivity (Wildman–Crippen MR) is 260 cm³/mol. The molecule has 0 fully saturated rings. The van der Waals surface area contributed by atoms with Crippen molar-refractivity contribution in [3.05, 3.63) is 190 Å². The van der Waals surface area contributed by atoms with Gasteiger partial charge in [-0.15, -0.1) is 0 Å². The number of rotatable bonds is 13. The number of carbonyl (C=O) groups is 2. The molecule has 6 aromatic rings. The third kappa shape index (κ3) is 7.71. The maximum atomic E-state index is 14.0. The van der Waals surface area contributed by atoms with Crippen LogP contribution in [0.3, 0.4) is 0 Å². The molecule has 0 heterocycles. The Morgan fingerprint density at radius 3 is 1.24 bits per heavy atom. The van der Waals surface area contributed by atoms with Crippen molar-refractivity contribution in [2.45, 2.75) is 73.5 Å². The van der Waals surface area contributed by atoms with E-state index in [0.717, 1.165) is 66.8 Å². The molecule has 0 bridgehead atoms. The van der Waals surface area contributed by atoms with Crippen LogP contribution in [0.15, 0.2) is 146 Å². The van der Waals surface area contributed by atoms with E-state index in [-0.39, 0.29) is 36.5 Å². The van der Waals surface area contributed by atoms with Gasteiger partial charge in [0, 0.05) is 0 Å². The second kappa shape index (κ2) is 17.8. The van der Waals surface area contributed by atoms with Crippen LogP contribution in [0.4, 0.5) is 0 Å². The van der Waals surface area contributed by atoms with E-state index in [4.69, 9.17) is 17.0 Å². The molecule has 0 spiro atoms. The summed E-state index contributed by atoms with van der Waals surface area (Å²) in [5.74, 6) is 0.0892. The van der Waals surface area contributed by atoms with Gasteiger partial charge in [-0.3, -0.25) is 0 Å². The first-order valence-electron chi connectivity index (χ1n) is 22.0. The molecule has 313 valence electrons. The van der Waals surface area contributed by atoms with Crippen molar-refractivity contribution in [1.82, 2.24) is 10.5 Å². The third-order valence-electron chi connectivity index (χ3n) is 13.0. The second-order valence-corrected chi connectivity index (χ2v) is 38.8. The van der Waals surface area contributed by atoms with E-state index in [1.165, 1.54) is 11.1 Å². The summed E-state index contributed by atoms with van der Waals surface area (Å²) in [6.45, 7) is 12.5. The van der Waals surface area contributed by atoms with Gasteiger partial charge in [-0.1, -0.05) is 0 Å². The Bertz CT molecular complexity index is 2550. The van der Waals surface area contributed by atoms with E-state index in [2.05, 4.69) is 159 Å². The number of benzene rings is 6. The number of fused-ring (bicyclic) bond motifs is 2. The molecule has 0 saturated heterocycles. The summed E-state index contributed by atoms with van der Waals surface area (Å²) in [5, 5.41) is 6.63. The van der Waals surface area contributed by atoms with Crippen molar-refractivity contribution in [3.63, 3.8) is 0 Å². The van der Waals surface area contributed by atoms with Crippen LogP contribution in [-0.4, -0.2) is 16.3 Å². The molecule has 8 rings (SSSR count). The van der Waals surface area contributed by atoms with E-state index in [1.807, 2.05) is 50.2 Å². The maximum absolute atomic E-state index is 14.0. The molecule has 2 amide bonds. The summed E-state index contributed by atoms with van der Waals surface area (Å²) in [4.78, 5) is 28.0. The Balaban J connectivity index is 1.51. The SMILES string of the molecule is CCC(=O)N[B](NC(=O)CC)[Zr]([Cl])([Cl])([CH]1C(c2ccccc2)=Cc2c(-c3ccccc3C(C)C)cccc21)[CH]1C(c2ccccc2)=Cc2c(-c3ccccc3C(C)C)cccc21. The molecule has 0 aliphatic heterocycles. The van der Waals surface area contributed by atoms with Gasteiger partial charge in [0.1, 0.15) is 0 Å². The van der Waals surface area contributed by atoms with Gasteiger partial charge >= 0.3 is 379 Å². The Hall–Kier alpha value is -4.73. The molecule has 2 aliphatic carbocycles. The average molecular weight is 936 g/mol. The summed E-state index contributed by atoms with van der Waals surface area (Å²) in [6, 6.07) is 50.9. The van der Waals surface area contributed by atoms with Crippen molar-refractivity contribution in [1.29, 1.82) is 0 Å². The quantitative estimate of drug-likeness (QED) is 0.113. The molecule has 2 aliphatic rings. The van der Waals surface area contributed by atoms with Crippen molar-refractivity contribution >= 4 is 56.7 Å². The number of allylic oxidation sites excluding steroid dienone is 2. The Labute approximate surface area is 375 Å². The van der Waals surface area contributed by atoms with Gasteiger partial charge in [0.25, 0.3) is 0 Å². The second-order valence-electron chi connectivity index (χ2n) is 17.4. The van der Waals surface area contributed by atoms with Gasteiger partial charge in [0.2, 0.25) is 0 Å². The van der Waals surface area contributed by atoms with Crippen molar-refractivity contribution in [2.75, 3.05) is 0 Å². The third-order valence-corrected chi connectivity index (χ3v) is 32.6. The molecule has 4 nitrogen and oxygen atoms in total. The van der Waals surface area contributed by atoms with Gasteiger partial charge in [-0.2, -0.15) is 0 Å². The Morgan fingerprint density at radius 1 is 0.516 bits per heavy atom. The first kappa shape index (κ1) is 43.9. The fourth-order valence-electron chi connectivity index (χ4n) is 10.1. The van der Waals surface area contributed by atoms with Gasteiger partial charge in [-0.05, 0) is 0 Å². The molecule has 2 unspecified atom stereocenters. The van der Waals surface area contributed by atoms with Crippen LogP contribution in [0, 0.1) is 0 Å². The zero-order valence-corrected chi connectivity index (χ0v) is 40.4. The molecule has 0 aromatic heterocycles. The minimum atomic E-state index is -6.35. The van der Waals surface area contributed by atoms with Gasteiger partial charge < -0.3 is 0 Å². The summed E-state index contributed by atoms with van der Waals surface area (Å²) in [7, 11) is 18.3. The number of halogens is 2. The van der Waals surface area contributed by atoms with E-state index < -0.39 is 27.9 Å². The molecular weight excluding hydrogens is 882 g/mol.